The molecule has 1 heterocycles. The van der Waals surface area contributed by atoms with Gasteiger partial charge >= 0.3 is 0 Å². The van der Waals surface area contributed by atoms with Crippen molar-refractivity contribution in [2.75, 3.05) is 12.3 Å². The Kier molecular flexibility index (Phi) is 4.32. The van der Waals surface area contributed by atoms with Crippen LogP contribution < -0.4 is 5.32 Å². The summed E-state index contributed by atoms with van der Waals surface area (Å²) in [5, 5.41) is 2.77. The van der Waals surface area contributed by atoms with Crippen molar-refractivity contribution in [3.05, 3.63) is 30.1 Å². The van der Waals surface area contributed by atoms with Gasteiger partial charge in [0.2, 0.25) is 0 Å². The molecule has 1 aromatic rings. The molecule has 1 rings (SSSR count). The van der Waals surface area contributed by atoms with Gasteiger partial charge in [-0.15, -0.1) is 0 Å². The van der Waals surface area contributed by atoms with Crippen LogP contribution in [-0.4, -0.2) is 23.2 Å². The molecule has 4 heteroatoms. The van der Waals surface area contributed by atoms with Gasteiger partial charge in [0.05, 0.1) is 5.56 Å². The van der Waals surface area contributed by atoms with Crippen molar-refractivity contribution in [3.8, 4) is 0 Å². The third-order valence-corrected chi connectivity index (χ3v) is 1.86. The second kappa shape index (κ2) is 5.59. The summed E-state index contributed by atoms with van der Waals surface area (Å²) in [6.07, 6.45) is 4.08. The van der Waals surface area contributed by atoms with Crippen LogP contribution in [0.4, 0.5) is 0 Å². The molecule has 0 saturated heterocycles. The highest BCUT2D eigenvalue weighted by molar-refractivity contribution is 7.80. The number of amides is 1. The second-order valence-electron chi connectivity index (χ2n) is 2.57. The molecule has 1 N–H and O–H groups in total. The Morgan fingerprint density at radius 2 is 2.46 bits per heavy atom. The van der Waals surface area contributed by atoms with E-state index in [0.29, 0.717) is 12.1 Å². The molecule has 0 bridgehead atoms. The van der Waals surface area contributed by atoms with Crippen LogP contribution in [0.2, 0.25) is 0 Å². The Bertz CT molecular complexity index is 264. The SMILES string of the molecule is O=C(NCCCS)c1cccnc1. The number of nitrogens with zero attached hydrogens (tertiary/aromatic N) is 1. The minimum Gasteiger partial charge on any atom is -0.352 e. The lowest BCUT2D eigenvalue weighted by Crippen LogP contribution is -2.24. The van der Waals surface area contributed by atoms with E-state index in [0.717, 1.165) is 12.2 Å². The van der Waals surface area contributed by atoms with E-state index < -0.39 is 0 Å². The molecule has 0 aliphatic carbocycles. The van der Waals surface area contributed by atoms with Gasteiger partial charge in [-0.25, -0.2) is 0 Å². The average Bonchev–Trinajstić information content (AvgIpc) is 2.19. The monoisotopic (exact) mass is 196 g/mol. The van der Waals surface area contributed by atoms with Crippen molar-refractivity contribution in [3.63, 3.8) is 0 Å². The predicted octanol–water partition coefficient (Wildman–Crippen LogP) is 1.13. The summed E-state index contributed by atoms with van der Waals surface area (Å²) in [6.45, 7) is 0.664. The van der Waals surface area contributed by atoms with Crippen LogP contribution in [0.25, 0.3) is 0 Å². The second-order valence-corrected chi connectivity index (χ2v) is 3.02. The standard InChI is InChI=1S/C9H12N2OS/c12-9(11-5-2-6-13)8-3-1-4-10-7-8/h1,3-4,7,13H,2,5-6H2,(H,11,12). The van der Waals surface area contributed by atoms with Gasteiger partial charge in [0, 0.05) is 18.9 Å². The summed E-state index contributed by atoms with van der Waals surface area (Å²) in [7, 11) is 0. The first-order chi connectivity index (χ1) is 6.34. The first-order valence-corrected chi connectivity index (χ1v) is 4.77. The van der Waals surface area contributed by atoms with Crippen molar-refractivity contribution >= 4 is 18.5 Å². The van der Waals surface area contributed by atoms with E-state index in [1.165, 1.54) is 0 Å². The number of aromatic nitrogens is 1. The maximum Gasteiger partial charge on any atom is 0.252 e. The summed E-state index contributed by atoms with van der Waals surface area (Å²) in [5.74, 6) is 0.711. The lowest BCUT2D eigenvalue weighted by molar-refractivity contribution is 0.0953. The summed E-state index contributed by atoms with van der Waals surface area (Å²) >= 11 is 4.05. The molecule has 0 atom stereocenters. The molecule has 3 nitrogen and oxygen atoms in total. The van der Waals surface area contributed by atoms with Gasteiger partial charge in [-0.1, -0.05) is 0 Å². The summed E-state index contributed by atoms with van der Waals surface area (Å²) in [6, 6.07) is 3.48. The van der Waals surface area contributed by atoms with E-state index in [2.05, 4.69) is 22.9 Å². The zero-order valence-corrected chi connectivity index (χ0v) is 8.13. The molecule has 0 spiro atoms. The van der Waals surface area contributed by atoms with Crippen LogP contribution in [0.5, 0.6) is 0 Å². The highest BCUT2D eigenvalue weighted by Crippen LogP contribution is 1.94. The van der Waals surface area contributed by atoms with Crippen LogP contribution in [0.15, 0.2) is 24.5 Å². The van der Waals surface area contributed by atoms with Gasteiger partial charge in [-0.2, -0.15) is 12.6 Å². The van der Waals surface area contributed by atoms with Crippen LogP contribution in [0.1, 0.15) is 16.8 Å². The zero-order chi connectivity index (χ0) is 9.52. The highest BCUT2D eigenvalue weighted by atomic mass is 32.1. The van der Waals surface area contributed by atoms with Crippen molar-refractivity contribution < 1.29 is 4.79 Å². The molecule has 13 heavy (non-hydrogen) atoms. The Balaban J connectivity index is 2.40. The van der Waals surface area contributed by atoms with E-state index >= 15 is 0 Å². The molecular formula is C9H12N2OS. The van der Waals surface area contributed by atoms with Crippen LogP contribution >= 0.6 is 12.6 Å². The lowest BCUT2D eigenvalue weighted by atomic mass is 10.2. The number of nitrogens with one attached hydrogen (secondary N) is 1. The molecule has 0 fully saturated rings. The Morgan fingerprint density at radius 1 is 1.62 bits per heavy atom. The number of thiol groups is 1. The molecular weight excluding hydrogens is 184 g/mol. The Hall–Kier alpha value is -1.03. The topological polar surface area (TPSA) is 42.0 Å². The summed E-state index contributed by atoms with van der Waals surface area (Å²) in [4.78, 5) is 15.2. The third-order valence-electron chi connectivity index (χ3n) is 1.54. The van der Waals surface area contributed by atoms with Gasteiger partial charge in [-0.05, 0) is 24.3 Å². The fraction of sp³-hybridized carbons (Fsp3) is 0.333. The maximum atomic E-state index is 11.3. The number of hydrogen-bond acceptors (Lipinski definition) is 3. The van der Waals surface area contributed by atoms with Crippen LogP contribution in [-0.2, 0) is 0 Å². The molecule has 0 saturated carbocycles. The molecule has 0 aliphatic rings. The smallest absolute Gasteiger partial charge is 0.252 e. The maximum absolute atomic E-state index is 11.3. The van der Waals surface area contributed by atoms with Gasteiger partial charge < -0.3 is 5.32 Å². The molecule has 70 valence electrons. The van der Waals surface area contributed by atoms with Gasteiger partial charge in [0.25, 0.3) is 5.91 Å². The molecule has 0 aromatic carbocycles. The van der Waals surface area contributed by atoms with Gasteiger partial charge in [0.1, 0.15) is 0 Å². The highest BCUT2D eigenvalue weighted by Gasteiger charge is 2.02. The molecule has 1 amide bonds. The normalized spacial score (nSPS) is 9.62. The van der Waals surface area contributed by atoms with Crippen molar-refractivity contribution in [1.82, 2.24) is 10.3 Å². The first-order valence-electron chi connectivity index (χ1n) is 4.13. The number of hydrogen-bond donors (Lipinski definition) is 2. The minimum absolute atomic E-state index is 0.0742. The average molecular weight is 196 g/mol. The van der Waals surface area contributed by atoms with Crippen LogP contribution in [0, 0.1) is 0 Å². The van der Waals surface area contributed by atoms with Crippen molar-refractivity contribution in [2.45, 2.75) is 6.42 Å². The number of carbonyl (C=O) groups excluding carboxylic acids is 1. The fourth-order valence-corrected chi connectivity index (χ4v) is 1.04. The Morgan fingerprint density at radius 3 is 3.08 bits per heavy atom. The van der Waals surface area contributed by atoms with E-state index in [-0.39, 0.29) is 5.91 Å². The first kappa shape index (κ1) is 10.1. The molecule has 0 radical (unpaired) electrons. The van der Waals surface area contributed by atoms with Crippen molar-refractivity contribution in [1.29, 1.82) is 0 Å². The van der Waals surface area contributed by atoms with Gasteiger partial charge in [0.15, 0.2) is 0 Å². The van der Waals surface area contributed by atoms with Gasteiger partial charge in [-0.3, -0.25) is 9.78 Å². The third kappa shape index (κ3) is 3.46. The minimum atomic E-state index is -0.0742. The van der Waals surface area contributed by atoms with E-state index in [4.69, 9.17) is 0 Å². The van der Waals surface area contributed by atoms with E-state index in [1.54, 1.807) is 24.5 Å². The number of rotatable bonds is 4. The largest absolute Gasteiger partial charge is 0.352 e. The lowest BCUT2D eigenvalue weighted by Gasteiger charge is -2.02. The molecule has 0 unspecified atom stereocenters. The summed E-state index contributed by atoms with van der Waals surface area (Å²) in [5.41, 5.74) is 0.599. The Labute approximate surface area is 83.0 Å². The number of carbonyl (C=O) groups is 1. The van der Waals surface area contributed by atoms with Crippen molar-refractivity contribution in [2.24, 2.45) is 0 Å². The van der Waals surface area contributed by atoms with E-state index in [1.807, 2.05) is 0 Å². The zero-order valence-electron chi connectivity index (χ0n) is 7.23. The van der Waals surface area contributed by atoms with E-state index in [9.17, 15) is 4.79 Å². The predicted molar refractivity (Wildman–Crippen MR) is 55.0 cm³/mol. The molecule has 1 aromatic heterocycles. The van der Waals surface area contributed by atoms with Crippen LogP contribution in [0.3, 0.4) is 0 Å². The quantitative estimate of drug-likeness (QED) is 0.560. The number of pyridine rings is 1. The molecule has 0 aliphatic heterocycles. The fourth-order valence-electron chi connectivity index (χ4n) is 0.880. The summed E-state index contributed by atoms with van der Waals surface area (Å²) < 4.78 is 0.